The molecule has 0 rings (SSSR count). The Morgan fingerprint density at radius 3 is 1.21 bits per heavy atom. The zero-order chi connectivity index (χ0) is 42.5. The van der Waals surface area contributed by atoms with E-state index in [1.165, 1.54) is 103 Å². The molecule has 7 heteroatoms. The van der Waals surface area contributed by atoms with Crippen LogP contribution >= 0.6 is 0 Å². The van der Waals surface area contributed by atoms with Crippen molar-refractivity contribution in [2.45, 2.75) is 212 Å². The second kappa shape index (κ2) is 43.8. The molecule has 332 valence electrons. The van der Waals surface area contributed by atoms with E-state index < -0.39 is 28.0 Å². The van der Waals surface area contributed by atoms with E-state index in [2.05, 4.69) is 98.2 Å². The summed E-state index contributed by atoms with van der Waals surface area (Å²) in [5, 5.41) is 13.2. The van der Waals surface area contributed by atoms with E-state index in [4.69, 9.17) is 0 Å². The van der Waals surface area contributed by atoms with Crippen LogP contribution in [0.4, 0.5) is 0 Å². The van der Waals surface area contributed by atoms with Crippen molar-refractivity contribution in [1.82, 2.24) is 5.32 Å². The molecular weight excluding hydrogens is 739 g/mol. The smallest absolute Gasteiger partial charge is 0.267 e. The summed E-state index contributed by atoms with van der Waals surface area (Å²) in [5.74, 6) is -1.06. The summed E-state index contributed by atoms with van der Waals surface area (Å²) < 4.78 is 32.6. The molecule has 1 amide bonds. The number of nitrogens with one attached hydrogen (secondary N) is 1. The average molecular weight is 826 g/mol. The van der Waals surface area contributed by atoms with Gasteiger partial charge in [0.2, 0.25) is 5.91 Å². The predicted molar refractivity (Wildman–Crippen MR) is 253 cm³/mol. The molecule has 0 aliphatic heterocycles. The highest BCUT2D eigenvalue weighted by Gasteiger charge is 2.24. The molecule has 0 fully saturated rings. The number of allylic oxidation sites excluding steroid dienone is 15. The molecule has 0 spiro atoms. The van der Waals surface area contributed by atoms with Gasteiger partial charge in [-0.25, -0.2) is 0 Å². The summed E-state index contributed by atoms with van der Waals surface area (Å²) >= 11 is 0. The Labute approximate surface area is 358 Å². The number of unbranched alkanes of at least 4 members (excludes halogenated alkanes) is 19. The van der Waals surface area contributed by atoms with Crippen molar-refractivity contribution in [3.05, 3.63) is 97.2 Å². The third kappa shape index (κ3) is 44.4. The molecule has 0 heterocycles. The zero-order valence-corrected chi connectivity index (χ0v) is 37.9. The lowest BCUT2D eigenvalue weighted by Gasteiger charge is -2.21. The molecule has 0 aromatic carbocycles. The molecule has 58 heavy (non-hydrogen) atoms. The second-order valence-electron chi connectivity index (χ2n) is 15.7. The Morgan fingerprint density at radius 1 is 0.483 bits per heavy atom. The molecule has 0 radical (unpaired) electrons. The van der Waals surface area contributed by atoms with Crippen molar-refractivity contribution in [3.8, 4) is 0 Å². The Bertz CT molecular complexity index is 1270. The number of aliphatic hydroxyl groups is 1. The van der Waals surface area contributed by atoms with Gasteiger partial charge in [0.05, 0.1) is 17.9 Å². The van der Waals surface area contributed by atoms with Gasteiger partial charge in [0.15, 0.2) is 0 Å². The van der Waals surface area contributed by atoms with Gasteiger partial charge in [-0.1, -0.05) is 220 Å². The van der Waals surface area contributed by atoms with E-state index in [0.29, 0.717) is 6.42 Å². The highest BCUT2D eigenvalue weighted by atomic mass is 32.2. The van der Waals surface area contributed by atoms with Crippen LogP contribution in [0, 0.1) is 0 Å². The van der Waals surface area contributed by atoms with Crippen LogP contribution in [-0.4, -0.2) is 41.9 Å². The fourth-order valence-corrected chi connectivity index (χ4v) is 7.29. The maximum atomic E-state index is 12.5. The highest BCUT2D eigenvalue weighted by molar-refractivity contribution is 7.85. The Morgan fingerprint density at radius 2 is 0.828 bits per heavy atom. The van der Waals surface area contributed by atoms with E-state index in [9.17, 15) is 22.9 Å². The van der Waals surface area contributed by atoms with E-state index in [1.807, 2.05) is 12.2 Å². The quantitative estimate of drug-likeness (QED) is 0.0324. The molecular formula is C51H87NO5S. The minimum absolute atomic E-state index is 0.210. The summed E-state index contributed by atoms with van der Waals surface area (Å²) in [6, 6.07) is -1.09. The monoisotopic (exact) mass is 826 g/mol. The summed E-state index contributed by atoms with van der Waals surface area (Å²) in [4.78, 5) is 12.5. The zero-order valence-electron chi connectivity index (χ0n) is 37.1. The van der Waals surface area contributed by atoms with Crippen LogP contribution in [0.3, 0.4) is 0 Å². The number of hydrogen-bond donors (Lipinski definition) is 3. The minimum Gasteiger partial charge on any atom is -0.387 e. The number of carbonyl (C=O) groups excluding carboxylic acids is 1. The van der Waals surface area contributed by atoms with Crippen LogP contribution in [0.25, 0.3) is 0 Å². The van der Waals surface area contributed by atoms with Crippen molar-refractivity contribution < 1.29 is 22.9 Å². The Kier molecular flexibility index (Phi) is 41.8. The van der Waals surface area contributed by atoms with Gasteiger partial charge in [-0.3, -0.25) is 9.35 Å². The number of amides is 1. The lowest BCUT2D eigenvalue weighted by molar-refractivity contribution is -0.122. The van der Waals surface area contributed by atoms with Crippen LogP contribution in [-0.2, 0) is 14.9 Å². The van der Waals surface area contributed by atoms with Gasteiger partial charge in [0.25, 0.3) is 10.1 Å². The van der Waals surface area contributed by atoms with Crippen LogP contribution in [0.5, 0.6) is 0 Å². The SMILES string of the molecule is CC/C=C\C/C=C\C/C=C\C/C=C\C/C=C\C/C=C\C/C=C\CCCC(=O)NC(CS(=O)(=O)O)C(O)/C=C/CCCCCCCCCCCCCCCCCCCC. The average Bonchev–Trinajstić information content (AvgIpc) is 3.19. The molecule has 0 aromatic rings. The first-order valence-corrected chi connectivity index (χ1v) is 25.0. The number of rotatable bonds is 41. The molecule has 2 atom stereocenters. The lowest BCUT2D eigenvalue weighted by Crippen LogP contribution is -2.46. The highest BCUT2D eigenvalue weighted by Crippen LogP contribution is 2.15. The van der Waals surface area contributed by atoms with Gasteiger partial charge in [0, 0.05) is 6.42 Å². The third-order valence-corrected chi connectivity index (χ3v) is 10.8. The minimum atomic E-state index is -4.37. The van der Waals surface area contributed by atoms with Gasteiger partial charge in [-0.15, -0.1) is 0 Å². The topological polar surface area (TPSA) is 104 Å². The fraction of sp³-hybridized carbons (Fsp3) is 0.667. The maximum Gasteiger partial charge on any atom is 0.267 e. The summed E-state index contributed by atoms with van der Waals surface area (Å²) in [7, 11) is -4.37. The first-order chi connectivity index (χ1) is 28.3. The molecule has 6 nitrogen and oxygen atoms in total. The van der Waals surface area contributed by atoms with Crippen molar-refractivity contribution in [1.29, 1.82) is 0 Å². The lowest BCUT2D eigenvalue weighted by atomic mass is 10.0. The number of hydrogen-bond acceptors (Lipinski definition) is 4. The molecule has 3 N–H and O–H groups in total. The van der Waals surface area contributed by atoms with E-state index in [-0.39, 0.29) is 12.3 Å². The van der Waals surface area contributed by atoms with E-state index in [1.54, 1.807) is 6.08 Å². The number of carbonyl (C=O) groups is 1. The van der Waals surface area contributed by atoms with E-state index in [0.717, 1.165) is 70.6 Å². The molecule has 0 aromatic heterocycles. The molecule has 0 aliphatic rings. The van der Waals surface area contributed by atoms with Gasteiger partial charge < -0.3 is 10.4 Å². The molecule has 2 unspecified atom stereocenters. The summed E-state index contributed by atoms with van der Waals surface area (Å²) in [6.45, 7) is 4.42. The first-order valence-electron chi connectivity index (χ1n) is 23.4. The standard InChI is InChI=1S/C51H87NO5S/c1-3-5-7-9-11-13-15-17-19-21-23-25-26-27-29-31-33-35-37-39-41-43-45-47-51(54)52-49(48-58(55,56)57)50(53)46-44-42-40-38-36-34-32-30-28-24-22-20-18-16-14-12-10-8-6-4-2/h5,7,11,13,17,19,23,25,27,29,33,35,39,41,44,46,49-50,53H,3-4,6,8-10,12,14-16,18,20-22,24,26,28,30-32,34,36-38,40,42-43,45,47-48H2,1-2H3,(H,52,54)(H,55,56,57)/b7-5-,13-11-,19-17-,25-23-,29-27-,35-33-,41-39-,46-44+. The van der Waals surface area contributed by atoms with Crippen molar-refractivity contribution in [2.24, 2.45) is 0 Å². The van der Waals surface area contributed by atoms with E-state index >= 15 is 0 Å². The Balaban J connectivity index is 4.00. The van der Waals surface area contributed by atoms with Crippen LogP contribution < -0.4 is 5.32 Å². The van der Waals surface area contributed by atoms with Crippen molar-refractivity contribution >= 4 is 16.0 Å². The van der Waals surface area contributed by atoms with Crippen molar-refractivity contribution in [3.63, 3.8) is 0 Å². The van der Waals surface area contributed by atoms with Gasteiger partial charge in [-0.05, 0) is 70.6 Å². The molecule has 0 bridgehead atoms. The van der Waals surface area contributed by atoms with Gasteiger partial charge in [0.1, 0.15) is 0 Å². The summed E-state index contributed by atoms with van der Waals surface area (Å²) in [5.41, 5.74) is 0. The predicted octanol–water partition coefficient (Wildman–Crippen LogP) is 14.5. The maximum absolute atomic E-state index is 12.5. The fourth-order valence-electron chi connectivity index (χ4n) is 6.56. The third-order valence-electron chi connectivity index (χ3n) is 10.0. The first kappa shape index (κ1) is 55.3. The van der Waals surface area contributed by atoms with Crippen molar-refractivity contribution in [2.75, 3.05) is 5.75 Å². The normalized spacial score (nSPS) is 14.1. The molecule has 0 aliphatic carbocycles. The van der Waals surface area contributed by atoms with Crippen LogP contribution in [0.1, 0.15) is 200 Å². The molecule has 0 saturated carbocycles. The number of aliphatic hydroxyl groups excluding tert-OH is 1. The second-order valence-corrected chi connectivity index (χ2v) is 17.2. The van der Waals surface area contributed by atoms with Crippen LogP contribution in [0.15, 0.2) is 97.2 Å². The Hall–Kier alpha value is -2.74. The van der Waals surface area contributed by atoms with Crippen LogP contribution in [0.2, 0.25) is 0 Å². The largest absolute Gasteiger partial charge is 0.387 e. The summed E-state index contributed by atoms with van der Waals surface area (Å²) in [6.07, 6.45) is 65.5. The van der Waals surface area contributed by atoms with Gasteiger partial charge >= 0.3 is 0 Å². The molecule has 0 saturated heterocycles. The van der Waals surface area contributed by atoms with Gasteiger partial charge in [-0.2, -0.15) is 8.42 Å².